The number of benzene rings is 2. The maximum atomic E-state index is 12.8. The number of hydrogen-bond acceptors (Lipinski definition) is 4. The van der Waals surface area contributed by atoms with E-state index < -0.39 is 15.5 Å². The van der Waals surface area contributed by atoms with Gasteiger partial charge in [-0.05, 0) is 23.6 Å². The average molecular weight is 436 g/mol. The largest absolute Gasteiger partial charge is 0.360 e. The van der Waals surface area contributed by atoms with Gasteiger partial charge in [-0.3, -0.25) is 4.79 Å². The minimum atomic E-state index is -1.70. The number of hydrogen-bond donors (Lipinski definition) is 1. The van der Waals surface area contributed by atoms with Crippen LogP contribution in [-0.2, 0) is 0 Å². The highest BCUT2D eigenvalue weighted by molar-refractivity contribution is 6.68. The molecule has 0 spiro atoms. The summed E-state index contributed by atoms with van der Waals surface area (Å²) < 4.78 is -0.229. The lowest BCUT2D eigenvalue weighted by Crippen LogP contribution is -2.38. The molecule has 144 valence electrons. The first-order chi connectivity index (χ1) is 13.3. The first-order valence-electron chi connectivity index (χ1n) is 8.79. The molecule has 1 aliphatic heterocycles. The molecule has 3 aromatic rings. The molecule has 0 bridgehead atoms. The van der Waals surface area contributed by atoms with Gasteiger partial charge in [-0.25, -0.2) is 4.68 Å². The minimum absolute atomic E-state index is 0.208. The molecular formula is C20H17Cl3N4O. The van der Waals surface area contributed by atoms with E-state index >= 15 is 0 Å². The second-order valence-corrected chi connectivity index (χ2v) is 9.31. The first-order valence-corrected chi connectivity index (χ1v) is 9.93. The zero-order chi connectivity index (χ0) is 20.1. The lowest BCUT2D eigenvalue weighted by molar-refractivity contribution is 0.491. The lowest BCUT2D eigenvalue weighted by Gasteiger charge is -2.34. The molecule has 1 atom stereocenters. The van der Waals surface area contributed by atoms with Gasteiger partial charge in [0.1, 0.15) is 0 Å². The van der Waals surface area contributed by atoms with Gasteiger partial charge < -0.3 is 5.32 Å². The monoisotopic (exact) mass is 434 g/mol. The van der Waals surface area contributed by atoms with Crippen molar-refractivity contribution in [3.05, 3.63) is 64.4 Å². The maximum absolute atomic E-state index is 12.8. The van der Waals surface area contributed by atoms with Crippen LogP contribution in [0.25, 0.3) is 22.6 Å². The van der Waals surface area contributed by atoms with Crippen molar-refractivity contribution in [3.63, 3.8) is 0 Å². The summed E-state index contributed by atoms with van der Waals surface area (Å²) in [5, 5.41) is 7.71. The number of nitrogens with one attached hydrogen (secondary N) is 1. The Morgan fingerprint density at radius 1 is 1.07 bits per heavy atom. The van der Waals surface area contributed by atoms with Gasteiger partial charge in [0.05, 0.1) is 0 Å². The summed E-state index contributed by atoms with van der Waals surface area (Å²) in [5.41, 5.74) is 3.06. The summed E-state index contributed by atoms with van der Waals surface area (Å²) in [4.78, 5) is 17.1. The number of alkyl halides is 3. The van der Waals surface area contributed by atoms with E-state index in [2.05, 4.69) is 29.2 Å². The standard InChI is InChI=1S/C20H17Cl3N4O/c1-11(2)12-7-9-13(10-8-12)16-18(28)25-17-14-5-3-4-6-15(14)24-19(20(21,22)23)27(17)26-16/h3-11,19,24H,1-2H3. The van der Waals surface area contributed by atoms with Gasteiger partial charge in [0.2, 0.25) is 3.79 Å². The van der Waals surface area contributed by atoms with Crippen LogP contribution in [0.3, 0.4) is 0 Å². The van der Waals surface area contributed by atoms with E-state index in [-0.39, 0.29) is 5.69 Å². The van der Waals surface area contributed by atoms with Crippen LogP contribution in [0, 0.1) is 0 Å². The Balaban J connectivity index is 1.91. The van der Waals surface area contributed by atoms with E-state index in [1.165, 1.54) is 10.2 Å². The molecule has 1 aliphatic rings. The number of aromatic nitrogens is 3. The van der Waals surface area contributed by atoms with E-state index in [4.69, 9.17) is 34.8 Å². The molecule has 0 aliphatic carbocycles. The first kappa shape index (κ1) is 19.2. The number of anilines is 1. The van der Waals surface area contributed by atoms with Crippen LogP contribution in [-0.4, -0.2) is 18.6 Å². The van der Waals surface area contributed by atoms with Crippen LogP contribution in [0.4, 0.5) is 5.69 Å². The van der Waals surface area contributed by atoms with Crippen molar-refractivity contribution in [3.8, 4) is 22.6 Å². The topological polar surface area (TPSA) is 59.8 Å². The Bertz CT molecular complexity index is 1090. The predicted octanol–water partition coefficient (Wildman–Crippen LogP) is 5.39. The van der Waals surface area contributed by atoms with Gasteiger partial charge in [-0.1, -0.05) is 85.0 Å². The van der Waals surface area contributed by atoms with E-state index in [1.54, 1.807) is 0 Å². The van der Waals surface area contributed by atoms with Gasteiger partial charge in [0.15, 0.2) is 17.7 Å². The highest BCUT2D eigenvalue weighted by atomic mass is 35.6. The molecule has 0 amide bonds. The van der Waals surface area contributed by atoms with Crippen LogP contribution in [0.1, 0.15) is 31.5 Å². The van der Waals surface area contributed by atoms with E-state index in [9.17, 15) is 4.79 Å². The highest BCUT2D eigenvalue weighted by Crippen LogP contribution is 2.44. The van der Waals surface area contributed by atoms with Gasteiger partial charge >= 0.3 is 0 Å². The normalized spacial score (nSPS) is 15.7. The predicted molar refractivity (Wildman–Crippen MR) is 114 cm³/mol. The lowest BCUT2D eigenvalue weighted by atomic mass is 10.0. The number of fused-ring (bicyclic) bond motifs is 3. The molecule has 4 rings (SSSR count). The quantitative estimate of drug-likeness (QED) is 0.548. The minimum Gasteiger partial charge on any atom is -0.360 e. The third-order valence-electron chi connectivity index (χ3n) is 4.70. The molecule has 0 radical (unpaired) electrons. The number of rotatable bonds is 2. The van der Waals surface area contributed by atoms with Crippen molar-refractivity contribution in [2.24, 2.45) is 0 Å². The van der Waals surface area contributed by atoms with Crippen LogP contribution in [0.15, 0.2) is 53.3 Å². The van der Waals surface area contributed by atoms with Gasteiger partial charge in [-0.15, -0.1) is 0 Å². The summed E-state index contributed by atoms with van der Waals surface area (Å²) >= 11 is 18.6. The second-order valence-electron chi connectivity index (χ2n) is 6.94. The number of halogens is 3. The summed E-state index contributed by atoms with van der Waals surface area (Å²) in [6.07, 6.45) is -0.816. The molecule has 28 heavy (non-hydrogen) atoms. The van der Waals surface area contributed by atoms with Crippen molar-refractivity contribution >= 4 is 40.5 Å². The molecule has 8 heteroatoms. The van der Waals surface area contributed by atoms with Gasteiger partial charge in [-0.2, -0.15) is 10.1 Å². The van der Waals surface area contributed by atoms with Crippen LogP contribution in [0.5, 0.6) is 0 Å². The summed E-state index contributed by atoms with van der Waals surface area (Å²) in [6.45, 7) is 4.22. The Morgan fingerprint density at radius 3 is 2.39 bits per heavy atom. The van der Waals surface area contributed by atoms with Crippen molar-refractivity contribution in [1.29, 1.82) is 0 Å². The van der Waals surface area contributed by atoms with Crippen molar-refractivity contribution in [2.75, 3.05) is 5.32 Å². The number of para-hydroxylation sites is 1. The summed E-state index contributed by atoms with van der Waals surface area (Å²) in [6, 6.07) is 15.1. The smallest absolute Gasteiger partial charge is 0.300 e. The molecule has 1 unspecified atom stereocenters. The van der Waals surface area contributed by atoms with E-state index in [0.29, 0.717) is 17.3 Å². The third kappa shape index (κ3) is 3.39. The van der Waals surface area contributed by atoms with Crippen molar-refractivity contribution < 1.29 is 0 Å². The molecule has 5 nitrogen and oxygen atoms in total. The maximum Gasteiger partial charge on any atom is 0.300 e. The molecule has 0 fully saturated rings. The van der Waals surface area contributed by atoms with Crippen molar-refractivity contribution in [2.45, 2.75) is 29.7 Å². The Labute approximate surface area is 177 Å². The molecule has 0 saturated heterocycles. The van der Waals surface area contributed by atoms with Crippen LogP contribution in [0.2, 0.25) is 0 Å². The van der Waals surface area contributed by atoms with Gasteiger partial charge in [0.25, 0.3) is 5.56 Å². The molecule has 2 heterocycles. The second kappa shape index (κ2) is 7.07. The summed E-state index contributed by atoms with van der Waals surface area (Å²) in [5.74, 6) is 0.748. The Hall–Kier alpha value is -2.08. The zero-order valence-electron chi connectivity index (χ0n) is 15.2. The third-order valence-corrected chi connectivity index (χ3v) is 5.32. The van der Waals surface area contributed by atoms with E-state index in [0.717, 1.165) is 11.3 Å². The average Bonchev–Trinajstić information content (AvgIpc) is 2.66. The van der Waals surface area contributed by atoms with Crippen molar-refractivity contribution in [1.82, 2.24) is 14.8 Å². The Kier molecular flexibility index (Phi) is 4.86. The summed E-state index contributed by atoms with van der Waals surface area (Å²) in [7, 11) is 0. The fourth-order valence-corrected chi connectivity index (χ4v) is 3.64. The molecule has 2 aromatic carbocycles. The number of nitrogens with zero attached hydrogens (tertiary/aromatic N) is 3. The zero-order valence-corrected chi connectivity index (χ0v) is 17.4. The highest BCUT2D eigenvalue weighted by Gasteiger charge is 2.40. The molecule has 1 N–H and O–H groups in total. The fourth-order valence-electron chi connectivity index (χ4n) is 3.20. The SMILES string of the molecule is CC(C)c1ccc(-c2nn3c(nc2=O)-c2ccccc2NC3C(Cl)(Cl)Cl)cc1. The Morgan fingerprint density at radius 2 is 1.75 bits per heavy atom. The van der Waals surface area contributed by atoms with E-state index in [1.807, 2.05) is 48.5 Å². The van der Waals surface area contributed by atoms with Crippen LogP contribution >= 0.6 is 34.8 Å². The molecule has 1 aromatic heterocycles. The van der Waals surface area contributed by atoms with Gasteiger partial charge in [0, 0.05) is 16.8 Å². The van der Waals surface area contributed by atoms with Crippen LogP contribution < -0.4 is 10.9 Å². The fraction of sp³-hybridized carbons (Fsp3) is 0.250. The molecule has 0 saturated carbocycles. The molecular weight excluding hydrogens is 419 g/mol.